The van der Waals surface area contributed by atoms with Gasteiger partial charge in [0.1, 0.15) is 5.75 Å². The van der Waals surface area contributed by atoms with Crippen molar-refractivity contribution in [2.24, 2.45) is 10.2 Å². The van der Waals surface area contributed by atoms with E-state index in [1.54, 1.807) is 48.5 Å². The van der Waals surface area contributed by atoms with Gasteiger partial charge in [-0.2, -0.15) is 10.2 Å². The van der Waals surface area contributed by atoms with Crippen LogP contribution < -0.4 is 4.74 Å². The molecule has 0 unspecified atom stereocenters. The largest absolute Gasteiger partial charge is 0.423 e. The van der Waals surface area contributed by atoms with Gasteiger partial charge in [0.15, 0.2) is 0 Å². The van der Waals surface area contributed by atoms with Crippen LogP contribution in [0.1, 0.15) is 21.5 Å². The van der Waals surface area contributed by atoms with Crippen molar-refractivity contribution < 1.29 is 9.53 Å². The van der Waals surface area contributed by atoms with Gasteiger partial charge in [-0.15, -0.1) is 0 Å². The van der Waals surface area contributed by atoms with Gasteiger partial charge >= 0.3 is 5.97 Å². The van der Waals surface area contributed by atoms with Crippen molar-refractivity contribution >= 4 is 23.0 Å². The van der Waals surface area contributed by atoms with Gasteiger partial charge in [0, 0.05) is 0 Å². The molecule has 0 radical (unpaired) electrons. The van der Waals surface area contributed by atoms with Crippen LogP contribution in [0.2, 0.25) is 0 Å². The van der Waals surface area contributed by atoms with E-state index in [1.165, 1.54) is 0 Å². The van der Waals surface area contributed by atoms with Gasteiger partial charge in [0.25, 0.3) is 0 Å². The lowest BCUT2D eigenvalue weighted by molar-refractivity contribution is 0.0735. The van der Waals surface area contributed by atoms with Gasteiger partial charge in [-0.3, -0.25) is 0 Å². The molecule has 0 atom stereocenters. The highest BCUT2D eigenvalue weighted by molar-refractivity contribution is 5.91. The van der Waals surface area contributed by atoms with E-state index < -0.39 is 5.97 Å². The van der Waals surface area contributed by atoms with Crippen molar-refractivity contribution in [3.8, 4) is 5.75 Å². The van der Waals surface area contributed by atoms with E-state index >= 15 is 0 Å². The monoisotopic (exact) mass is 355 g/mol. The van der Waals surface area contributed by atoms with Crippen molar-refractivity contribution in [3.05, 3.63) is 94.8 Å². The minimum absolute atomic E-state index is 0.411. The van der Waals surface area contributed by atoms with Crippen LogP contribution in [0.3, 0.4) is 0 Å². The van der Waals surface area contributed by atoms with Gasteiger partial charge in [-0.25, -0.2) is 9.64 Å². The average Bonchev–Trinajstić information content (AvgIpc) is 2.68. The van der Waals surface area contributed by atoms with Crippen molar-refractivity contribution in [3.63, 3.8) is 0 Å². The summed E-state index contributed by atoms with van der Waals surface area (Å²) in [7, 11) is 0. The number of carbonyl (C=O) groups excluding carboxylic acids is 1. The molecule has 5 nitrogen and oxygen atoms in total. The van der Waals surface area contributed by atoms with Crippen LogP contribution in [-0.2, 0) is 0 Å². The third-order valence-electron chi connectivity index (χ3n) is 3.86. The number of aryl methyl sites for hydroxylation is 2. The van der Waals surface area contributed by atoms with Gasteiger partial charge in [0.05, 0.1) is 23.5 Å². The average molecular weight is 355 g/mol. The standard InChI is InChI=1S/C22H17N3O2/c1-15-4-7-17(8-5-15)22(26)27-19-11-9-18(10-12-19)24-25-20-13-6-16(2)14-21(20)23-3/h4-14H,1-2H3. The Morgan fingerprint density at radius 3 is 2.22 bits per heavy atom. The number of esters is 1. The fourth-order valence-corrected chi connectivity index (χ4v) is 2.36. The normalized spacial score (nSPS) is 10.6. The summed E-state index contributed by atoms with van der Waals surface area (Å²) >= 11 is 0. The second-order valence-corrected chi connectivity index (χ2v) is 6.05. The molecule has 0 fully saturated rings. The third-order valence-corrected chi connectivity index (χ3v) is 3.86. The quantitative estimate of drug-likeness (QED) is 0.232. The summed E-state index contributed by atoms with van der Waals surface area (Å²) in [5.41, 5.74) is 4.15. The summed E-state index contributed by atoms with van der Waals surface area (Å²) in [6.45, 7) is 11.1. The van der Waals surface area contributed by atoms with Crippen LogP contribution in [0, 0.1) is 20.4 Å². The van der Waals surface area contributed by atoms with E-state index in [-0.39, 0.29) is 0 Å². The first-order valence-corrected chi connectivity index (χ1v) is 8.34. The van der Waals surface area contributed by atoms with Crippen LogP contribution in [-0.4, -0.2) is 5.97 Å². The highest BCUT2D eigenvalue weighted by atomic mass is 16.5. The molecule has 5 heteroatoms. The minimum Gasteiger partial charge on any atom is -0.423 e. The smallest absolute Gasteiger partial charge is 0.343 e. The zero-order valence-electron chi connectivity index (χ0n) is 15.0. The number of azo groups is 1. The Kier molecular flexibility index (Phi) is 5.38. The van der Waals surface area contributed by atoms with Crippen LogP contribution in [0.25, 0.3) is 4.85 Å². The fraction of sp³-hybridized carbons (Fsp3) is 0.0909. The van der Waals surface area contributed by atoms with Crippen LogP contribution >= 0.6 is 0 Å². The molecule has 132 valence electrons. The van der Waals surface area contributed by atoms with Crippen molar-refractivity contribution in [1.82, 2.24) is 0 Å². The Labute approximate surface area is 157 Å². The molecule has 0 saturated heterocycles. The molecule has 0 heterocycles. The van der Waals surface area contributed by atoms with Crippen molar-refractivity contribution in [2.45, 2.75) is 13.8 Å². The molecule has 0 aliphatic rings. The highest BCUT2D eigenvalue weighted by Gasteiger charge is 2.08. The van der Waals surface area contributed by atoms with Crippen LogP contribution in [0.15, 0.2) is 77.0 Å². The van der Waals surface area contributed by atoms with E-state index in [0.29, 0.717) is 28.4 Å². The number of nitrogens with zero attached hydrogens (tertiary/aromatic N) is 3. The van der Waals surface area contributed by atoms with Crippen molar-refractivity contribution in [2.75, 3.05) is 0 Å². The molecule has 0 aliphatic heterocycles. The first kappa shape index (κ1) is 18.0. The number of carbonyl (C=O) groups is 1. The van der Waals surface area contributed by atoms with Gasteiger partial charge < -0.3 is 4.74 Å². The number of benzene rings is 3. The molecule has 0 N–H and O–H groups in total. The summed E-state index contributed by atoms with van der Waals surface area (Å²) < 4.78 is 5.36. The molecule has 0 aliphatic carbocycles. The lowest BCUT2D eigenvalue weighted by Crippen LogP contribution is -2.08. The molecule has 3 aromatic carbocycles. The van der Waals surface area contributed by atoms with Crippen LogP contribution in [0.4, 0.5) is 17.1 Å². The molecule has 0 amide bonds. The molecule has 27 heavy (non-hydrogen) atoms. The Bertz CT molecular complexity index is 1030. The lowest BCUT2D eigenvalue weighted by atomic mass is 10.1. The molecule has 0 saturated carbocycles. The van der Waals surface area contributed by atoms with E-state index in [9.17, 15) is 4.79 Å². The topological polar surface area (TPSA) is 55.4 Å². The molecular formula is C22H17N3O2. The Balaban J connectivity index is 1.69. The highest BCUT2D eigenvalue weighted by Crippen LogP contribution is 2.30. The maximum atomic E-state index is 12.1. The summed E-state index contributed by atoms with van der Waals surface area (Å²) in [6.07, 6.45) is 0. The molecule has 3 aromatic rings. The second kappa shape index (κ2) is 8.07. The molecule has 0 bridgehead atoms. The first-order valence-electron chi connectivity index (χ1n) is 8.34. The zero-order chi connectivity index (χ0) is 19.2. The van der Waals surface area contributed by atoms with Gasteiger partial charge in [-0.1, -0.05) is 35.4 Å². The van der Waals surface area contributed by atoms with E-state index in [0.717, 1.165) is 11.1 Å². The lowest BCUT2D eigenvalue weighted by Gasteiger charge is -2.05. The maximum Gasteiger partial charge on any atom is 0.343 e. The summed E-state index contributed by atoms with van der Waals surface area (Å²) in [4.78, 5) is 15.6. The Morgan fingerprint density at radius 2 is 1.56 bits per heavy atom. The number of hydrogen-bond donors (Lipinski definition) is 0. The number of ether oxygens (including phenoxy) is 1. The molecule has 3 rings (SSSR count). The van der Waals surface area contributed by atoms with Gasteiger partial charge in [0.2, 0.25) is 5.69 Å². The fourth-order valence-electron chi connectivity index (χ4n) is 2.36. The zero-order valence-corrected chi connectivity index (χ0v) is 15.0. The SMILES string of the molecule is [C-]#[N+]c1cc(C)ccc1N=Nc1ccc(OC(=O)c2ccc(C)cc2)cc1. The van der Waals surface area contributed by atoms with E-state index in [2.05, 4.69) is 15.1 Å². The predicted octanol–water partition coefficient (Wildman–Crippen LogP) is 6.49. The summed E-state index contributed by atoms with van der Waals surface area (Å²) in [5.74, 6) is 0.0161. The molecule has 0 aromatic heterocycles. The predicted molar refractivity (Wildman–Crippen MR) is 104 cm³/mol. The number of hydrogen-bond acceptors (Lipinski definition) is 4. The van der Waals surface area contributed by atoms with Crippen LogP contribution in [0.5, 0.6) is 5.75 Å². The molecule has 0 spiro atoms. The number of rotatable bonds is 4. The second-order valence-electron chi connectivity index (χ2n) is 6.05. The van der Waals surface area contributed by atoms with Crippen molar-refractivity contribution in [1.29, 1.82) is 0 Å². The van der Waals surface area contributed by atoms with Gasteiger partial charge in [-0.05, 0) is 56.3 Å². The molecular weight excluding hydrogens is 338 g/mol. The Hall–Kier alpha value is -3.78. The summed E-state index contributed by atoms with van der Waals surface area (Å²) in [5, 5.41) is 8.28. The third kappa shape index (κ3) is 4.65. The Morgan fingerprint density at radius 1 is 0.889 bits per heavy atom. The van der Waals surface area contributed by atoms with E-state index in [4.69, 9.17) is 11.3 Å². The summed E-state index contributed by atoms with van der Waals surface area (Å²) in [6, 6.07) is 19.3. The minimum atomic E-state index is -0.411. The van der Waals surface area contributed by atoms with E-state index in [1.807, 2.05) is 32.0 Å². The first-order chi connectivity index (χ1) is 13.0. The maximum absolute atomic E-state index is 12.1.